The van der Waals surface area contributed by atoms with Gasteiger partial charge in [0.25, 0.3) is 0 Å². The summed E-state index contributed by atoms with van der Waals surface area (Å²) in [6, 6.07) is 9.91. The van der Waals surface area contributed by atoms with Crippen LogP contribution in [0, 0.1) is 0 Å². The molecule has 0 aromatic heterocycles. The Morgan fingerprint density at radius 1 is 0.880 bits per heavy atom. The second kappa shape index (κ2) is 11.0. The van der Waals surface area contributed by atoms with E-state index in [0.29, 0.717) is 33.8 Å². The molecule has 0 aliphatic heterocycles. The Labute approximate surface area is 151 Å². The Balaban J connectivity index is 2.93. The summed E-state index contributed by atoms with van der Waals surface area (Å²) in [4.78, 5) is 0. The Morgan fingerprint density at radius 2 is 1.48 bits per heavy atom. The summed E-state index contributed by atoms with van der Waals surface area (Å²) < 4.78 is 0. The molecule has 0 fully saturated rings. The Kier molecular flexibility index (Phi) is 8.94. The Morgan fingerprint density at radius 3 is 2.08 bits per heavy atom. The molecule has 0 radical (unpaired) electrons. The second-order valence-corrected chi connectivity index (χ2v) is 6.01. The molecular formula is C16H22N6O2S. The maximum atomic E-state index is 8.77. The standard InChI is InChI=1S/C16H22N6O2S/c1-11(13(3)21-23)17-19-16(20-18-12(2)14(4)22-24)25-10-15-8-6-5-7-9-15/h5-9,23-24H,10H2,1-4H3,(H,19,20)/b17-11-,18-12+,21-13+,22-14+. The molecule has 0 bridgehead atoms. The van der Waals surface area contributed by atoms with Gasteiger partial charge in [-0.25, -0.2) is 0 Å². The van der Waals surface area contributed by atoms with Gasteiger partial charge in [0, 0.05) is 5.75 Å². The van der Waals surface area contributed by atoms with E-state index in [1.54, 1.807) is 27.7 Å². The van der Waals surface area contributed by atoms with Crippen molar-refractivity contribution in [3.63, 3.8) is 0 Å². The quantitative estimate of drug-likeness (QED) is 0.312. The zero-order valence-corrected chi connectivity index (χ0v) is 15.4. The van der Waals surface area contributed by atoms with Crippen LogP contribution in [0.5, 0.6) is 0 Å². The van der Waals surface area contributed by atoms with Crippen molar-refractivity contribution < 1.29 is 10.4 Å². The number of nitrogens with one attached hydrogen (secondary N) is 1. The van der Waals surface area contributed by atoms with Crippen LogP contribution in [0.25, 0.3) is 0 Å². The molecule has 9 heteroatoms. The van der Waals surface area contributed by atoms with E-state index in [-0.39, 0.29) is 0 Å². The summed E-state index contributed by atoms with van der Waals surface area (Å²) in [5, 5.41) is 36.5. The molecule has 0 saturated carbocycles. The van der Waals surface area contributed by atoms with Crippen molar-refractivity contribution in [1.82, 2.24) is 5.43 Å². The molecule has 0 aliphatic rings. The number of hydrogen-bond donors (Lipinski definition) is 3. The zero-order chi connectivity index (χ0) is 18.7. The molecule has 3 N–H and O–H groups in total. The Hall–Kier alpha value is -2.68. The molecule has 0 heterocycles. The van der Waals surface area contributed by atoms with E-state index in [4.69, 9.17) is 10.4 Å². The number of hydrazone groups is 1. The highest BCUT2D eigenvalue weighted by molar-refractivity contribution is 8.13. The summed E-state index contributed by atoms with van der Waals surface area (Å²) in [5.41, 5.74) is 5.71. The molecule has 0 atom stereocenters. The minimum Gasteiger partial charge on any atom is -0.411 e. The monoisotopic (exact) mass is 362 g/mol. The van der Waals surface area contributed by atoms with Crippen LogP contribution in [0.2, 0.25) is 0 Å². The summed E-state index contributed by atoms with van der Waals surface area (Å²) in [7, 11) is 0. The third-order valence-electron chi connectivity index (χ3n) is 3.18. The van der Waals surface area contributed by atoms with E-state index in [0.717, 1.165) is 5.56 Å². The van der Waals surface area contributed by atoms with Gasteiger partial charge in [-0.1, -0.05) is 52.4 Å². The first kappa shape index (κ1) is 20.4. The van der Waals surface area contributed by atoms with E-state index < -0.39 is 0 Å². The molecule has 8 nitrogen and oxygen atoms in total. The van der Waals surface area contributed by atoms with Crippen LogP contribution < -0.4 is 5.43 Å². The van der Waals surface area contributed by atoms with Crippen molar-refractivity contribution in [1.29, 1.82) is 0 Å². The van der Waals surface area contributed by atoms with Crippen molar-refractivity contribution in [3.8, 4) is 0 Å². The maximum absolute atomic E-state index is 8.77. The predicted molar refractivity (Wildman–Crippen MR) is 104 cm³/mol. The van der Waals surface area contributed by atoms with E-state index in [2.05, 4.69) is 31.0 Å². The molecule has 134 valence electrons. The van der Waals surface area contributed by atoms with Gasteiger partial charge in [0.1, 0.15) is 0 Å². The number of amidine groups is 1. The van der Waals surface area contributed by atoms with Crippen LogP contribution in [0.1, 0.15) is 33.3 Å². The summed E-state index contributed by atoms with van der Waals surface area (Å²) >= 11 is 1.42. The summed E-state index contributed by atoms with van der Waals surface area (Å²) in [6.07, 6.45) is 0. The number of thioether (sulfide) groups is 1. The summed E-state index contributed by atoms with van der Waals surface area (Å²) in [5.74, 6) is 0.677. The first-order chi connectivity index (χ1) is 12.0. The van der Waals surface area contributed by atoms with E-state index in [9.17, 15) is 0 Å². The first-order valence-corrected chi connectivity index (χ1v) is 8.43. The number of nitrogens with zero attached hydrogens (tertiary/aromatic N) is 5. The molecule has 0 unspecified atom stereocenters. The van der Waals surface area contributed by atoms with Gasteiger partial charge in [0.2, 0.25) is 5.17 Å². The smallest absolute Gasteiger partial charge is 0.203 e. The fraction of sp³-hybridized carbons (Fsp3) is 0.312. The molecule has 0 saturated heterocycles. The van der Waals surface area contributed by atoms with Crippen LogP contribution in [0.3, 0.4) is 0 Å². The lowest BCUT2D eigenvalue weighted by molar-refractivity contribution is 0.319. The van der Waals surface area contributed by atoms with Crippen molar-refractivity contribution in [2.45, 2.75) is 33.4 Å². The minimum absolute atomic E-state index is 0.374. The van der Waals surface area contributed by atoms with Crippen molar-refractivity contribution in [3.05, 3.63) is 35.9 Å². The highest BCUT2D eigenvalue weighted by Gasteiger charge is 2.04. The number of benzene rings is 1. The van der Waals surface area contributed by atoms with Crippen LogP contribution in [-0.4, -0.2) is 38.4 Å². The van der Waals surface area contributed by atoms with E-state index >= 15 is 0 Å². The van der Waals surface area contributed by atoms with E-state index in [1.165, 1.54) is 11.8 Å². The maximum Gasteiger partial charge on any atom is 0.203 e. The van der Waals surface area contributed by atoms with Gasteiger partial charge in [0.15, 0.2) is 0 Å². The fourth-order valence-electron chi connectivity index (χ4n) is 1.36. The summed E-state index contributed by atoms with van der Waals surface area (Å²) in [6.45, 7) is 6.66. The second-order valence-electron chi connectivity index (χ2n) is 5.04. The van der Waals surface area contributed by atoms with Crippen LogP contribution in [-0.2, 0) is 5.75 Å². The van der Waals surface area contributed by atoms with Crippen LogP contribution in [0.15, 0.2) is 55.9 Å². The average molecular weight is 362 g/mol. The van der Waals surface area contributed by atoms with Crippen LogP contribution >= 0.6 is 11.8 Å². The lowest BCUT2D eigenvalue weighted by Crippen LogP contribution is -2.19. The van der Waals surface area contributed by atoms with Gasteiger partial charge in [-0.2, -0.15) is 10.2 Å². The van der Waals surface area contributed by atoms with Crippen molar-refractivity contribution >= 4 is 39.8 Å². The lowest BCUT2D eigenvalue weighted by Gasteiger charge is -2.06. The topological polar surface area (TPSA) is 114 Å². The number of hydrogen-bond acceptors (Lipinski definition) is 8. The normalized spacial score (nSPS) is 14.6. The molecule has 1 rings (SSSR count). The molecule has 1 aromatic rings. The third-order valence-corrected chi connectivity index (χ3v) is 4.10. The first-order valence-electron chi connectivity index (χ1n) is 7.45. The highest BCUT2D eigenvalue weighted by Crippen LogP contribution is 2.13. The highest BCUT2D eigenvalue weighted by atomic mass is 32.2. The predicted octanol–water partition coefficient (Wildman–Crippen LogP) is 3.32. The SMILES string of the molecule is CC(=N/N=C(\N/N=C(C)/C(C)=N/O)SCc1ccccc1)/C(C)=N/O. The van der Waals surface area contributed by atoms with Gasteiger partial charge in [0.05, 0.1) is 22.8 Å². The molecule has 0 spiro atoms. The van der Waals surface area contributed by atoms with Gasteiger partial charge < -0.3 is 10.4 Å². The lowest BCUT2D eigenvalue weighted by atomic mass is 10.2. The third kappa shape index (κ3) is 7.62. The van der Waals surface area contributed by atoms with Crippen LogP contribution in [0.4, 0.5) is 0 Å². The minimum atomic E-state index is 0.374. The average Bonchev–Trinajstić information content (AvgIpc) is 2.66. The molecule has 1 aromatic carbocycles. The number of oxime groups is 2. The molecule has 25 heavy (non-hydrogen) atoms. The Bertz CT molecular complexity index is 711. The van der Waals surface area contributed by atoms with Gasteiger partial charge in [-0.05, 0) is 33.3 Å². The largest absolute Gasteiger partial charge is 0.411 e. The van der Waals surface area contributed by atoms with Gasteiger partial charge >= 0.3 is 0 Å². The van der Waals surface area contributed by atoms with Gasteiger partial charge in [-0.15, -0.1) is 5.10 Å². The van der Waals surface area contributed by atoms with Crippen molar-refractivity contribution in [2.24, 2.45) is 25.6 Å². The fourth-order valence-corrected chi connectivity index (χ4v) is 2.06. The van der Waals surface area contributed by atoms with Gasteiger partial charge in [-0.3, -0.25) is 5.43 Å². The molecule has 0 aliphatic carbocycles. The van der Waals surface area contributed by atoms with Crippen molar-refractivity contribution in [2.75, 3.05) is 0 Å². The molecular weight excluding hydrogens is 340 g/mol. The molecule has 0 amide bonds. The zero-order valence-electron chi connectivity index (χ0n) is 14.6. The number of rotatable bonds is 6. The van der Waals surface area contributed by atoms with E-state index in [1.807, 2.05) is 30.3 Å².